The summed E-state index contributed by atoms with van der Waals surface area (Å²) in [6, 6.07) is 11.9. The lowest BCUT2D eigenvalue weighted by Gasteiger charge is -2.28. The summed E-state index contributed by atoms with van der Waals surface area (Å²) >= 11 is 0. The van der Waals surface area contributed by atoms with Crippen molar-refractivity contribution in [2.24, 2.45) is 0 Å². The van der Waals surface area contributed by atoms with E-state index in [-0.39, 0.29) is 12.1 Å². The lowest BCUT2D eigenvalue weighted by molar-refractivity contribution is 0.168. The maximum Gasteiger partial charge on any atom is 0.320 e. The molecule has 1 saturated heterocycles. The number of rotatable bonds is 6. The number of hydrogen-bond acceptors (Lipinski definition) is 5. The Kier molecular flexibility index (Phi) is 6.25. The minimum atomic E-state index is -0.327. The summed E-state index contributed by atoms with van der Waals surface area (Å²) in [5.74, 6) is 0.488. The van der Waals surface area contributed by atoms with Gasteiger partial charge in [-0.1, -0.05) is 30.3 Å². The predicted molar refractivity (Wildman–Crippen MR) is 116 cm³/mol. The van der Waals surface area contributed by atoms with Crippen LogP contribution in [0.5, 0.6) is 0 Å². The molecule has 0 bridgehead atoms. The molecule has 3 atom stereocenters. The van der Waals surface area contributed by atoms with Gasteiger partial charge in [-0.25, -0.2) is 9.78 Å². The number of methoxy groups -OCH3 is 1. The van der Waals surface area contributed by atoms with Crippen molar-refractivity contribution >= 4 is 22.8 Å². The predicted octanol–water partition coefficient (Wildman–Crippen LogP) is 3.25. The minimum Gasteiger partial charge on any atom is -0.382 e. The number of piperidine rings is 1. The third-order valence-corrected chi connectivity index (χ3v) is 5.51. The fraction of sp³-hybridized carbons (Fsp3) is 0.409. The van der Waals surface area contributed by atoms with Crippen molar-refractivity contribution < 1.29 is 9.53 Å². The van der Waals surface area contributed by atoms with Crippen molar-refractivity contribution in [3.8, 4) is 0 Å². The number of carbonyl (C=O) groups excluding carboxylic acids is 1. The SMILES string of the molecule is COC[C@@H](NC(=O)Nc1cc2cnn(C3CCNC(C)C3)c2cn1)c1ccccc1. The molecule has 1 fully saturated rings. The van der Waals surface area contributed by atoms with E-state index in [2.05, 4.69) is 37.6 Å². The Morgan fingerprint density at radius 2 is 2.17 bits per heavy atom. The van der Waals surface area contributed by atoms with E-state index in [0.717, 1.165) is 35.9 Å². The van der Waals surface area contributed by atoms with Crippen molar-refractivity contribution in [1.82, 2.24) is 25.4 Å². The summed E-state index contributed by atoms with van der Waals surface area (Å²) in [6.07, 6.45) is 5.71. The molecule has 1 aliphatic rings. The highest BCUT2D eigenvalue weighted by Crippen LogP contribution is 2.26. The molecule has 30 heavy (non-hydrogen) atoms. The van der Waals surface area contributed by atoms with Crippen molar-refractivity contribution in [2.45, 2.75) is 37.9 Å². The molecule has 0 saturated carbocycles. The topological polar surface area (TPSA) is 93.1 Å². The molecule has 0 radical (unpaired) electrons. The number of carbonyl (C=O) groups is 1. The highest BCUT2D eigenvalue weighted by atomic mass is 16.5. The second kappa shape index (κ2) is 9.23. The summed E-state index contributed by atoms with van der Waals surface area (Å²) in [7, 11) is 1.62. The molecule has 1 aromatic carbocycles. The number of fused-ring (bicyclic) bond motifs is 1. The number of pyridine rings is 1. The highest BCUT2D eigenvalue weighted by molar-refractivity contribution is 5.91. The van der Waals surface area contributed by atoms with Crippen LogP contribution in [0, 0.1) is 0 Å². The van der Waals surface area contributed by atoms with Gasteiger partial charge >= 0.3 is 6.03 Å². The number of nitrogens with zero attached hydrogens (tertiary/aromatic N) is 3. The third-order valence-electron chi connectivity index (χ3n) is 5.51. The zero-order chi connectivity index (χ0) is 20.9. The van der Waals surface area contributed by atoms with E-state index in [9.17, 15) is 4.79 Å². The molecule has 0 spiro atoms. The summed E-state index contributed by atoms with van der Waals surface area (Å²) < 4.78 is 7.32. The van der Waals surface area contributed by atoms with E-state index < -0.39 is 0 Å². The maximum atomic E-state index is 12.6. The van der Waals surface area contributed by atoms with Gasteiger partial charge in [-0.15, -0.1) is 0 Å². The van der Waals surface area contributed by atoms with E-state index >= 15 is 0 Å². The summed E-state index contributed by atoms with van der Waals surface area (Å²) in [4.78, 5) is 17.0. The average Bonchev–Trinajstić information content (AvgIpc) is 3.17. The monoisotopic (exact) mass is 408 g/mol. The molecule has 8 nitrogen and oxygen atoms in total. The summed E-state index contributed by atoms with van der Waals surface area (Å²) in [6.45, 7) is 3.57. The zero-order valence-electron chi connectivity index (χ0n) is 17.3. The molecule has 2 aromatic heterocycles. The molecule has 3 N–H and O–H groups in total. The van der Waals surface area contributed by atoms with Gasteiger partial charge < -0.3 is 15.4 Å². The Morgan fingerprint density at radius 1 is 1.33 bits per heavy atom. The first-order valence-electron chi connectivity index (χ1n) is 10.3. The quantitative estimate of drug-likeness (QED) is 0.582. The molecule has 1 aliphatic heterocycles. The minimum absolute atomic E-state index is 0.246. The molecule has 4 rings (SSSR count). The number of ether oxygens (including phenoxy) is 1. The van der Waals surface area contributed by atoms with Gasteiger partial charge in [0.2, 0.25) is 0 Å². The molecule has 3 heterocycles. The largest absolute Gasteiger partial charge is 0.382 e. The maximum absolute atomic E-state index is 12.6. The fourth-order valence-corrected chi connectivity index (χ4v) is 4.02. The van der Waals surface area contributed by atoms with Gasteiger partial charge in [0, 0.05) is 18.5 Å². The van der Waals surface area contributed by atoms with E-state index in [0.29, 0.717) is 24.5 Å². The second-order valence-electron chi connectivity index (χ2n) is 7.77. The normalized spacial score (nSPS) is 20.1. The second-order valence-corrected chi connectivity index (χ2v) is 7.77. The van der Waals surface area contributed by atoms with Crippen LogP contribution in [0.2, 0.25) is 0 Å². The first kappa shape index (κ1) is 20.3. The number of urea groups is 1. The Bertz CT molecular complexity index is 990. The van der Waals surface area contributed by atoms with Gasteiger partial charge in [-0.3, -0.25) is 10.00 Å². The Labute approximate surface area is 176 Å². The number of anilines is 1. The van der Waals surface area contributed by atoms with Crippen LogP contribution >= 0.6 is 0 Å². The average molecular weight is 409 g/mol. The van der Waals surface area contributed by atoms with Gasteiger partial charge in [-0.05, 0) is 37.9 Å². The first-order chi connectivity index (χ1) is 14.6. The van der Waals surface area contributed by atoms with Crippen molar-refractivity contribution in [3.63, 3.8) is 0 Å². The van der Waals surface area contributed by atoms with Crippen molar-refractivity contribution in [3.05, 3.63) is 54.4 Å². The van der Waals surface area contributed by atoms with E-state index in [1.165, 1.54) is 0 Å². The van der Waals surface area contributed by atoms with Crippen LogP contribution in [0.25, 0.3) is 10.9 Å². The van der Waals surface area contributed by atoms with Crippen LogP contribution < -0.4 is 16.0 Å². The molecule has 158 valence electrons. The van der Waals surface area contributed by atoms with Crippen LogP contribution in [0.3, 0.4) is 0 Å². The third kappa shape index (κ3) is 4.60. The zero-order valence-corrected chi connectivity index (χ0v) is 17.3. The van der Waals surface area contributed by atoms with Gasteiger partial charge in [0.15, 0.2) is 0 Å². The van der Waals surface area contributed by atoms with E-state index in [4.69, 9.17) is 4.74 Å². The first-order valence-corrected chi connectivity index (χ1v) is 10.3. The van der Waals surface area contributed by atoms with Crippen molar-refractivity contribution in [1.29, 1.82) is 0 Å². The van der Waals surface area contributed by atoms with Crippen LogP contribution in [-0.2, 0) is 4.74 Å². The smallest absolute Gasteiger partial charge is 0.320 e. The summed E-state index contributed by atoms with van der Waals surface area (Å²) in [5.41, 5.74) is 1.97. The lowest BCUT2D eigenvalue weighted by atomic mass is 10.0. The van der Waals surface area contributed by atoms with E-state index in [1.807, 2.05) is 42.6 Å². The number of amides is 2. The molecular formula is C22H28N6O2. The molecular weight excluding hydrogens is 380 g/mol. The molecule has 2 unspecified atom stereocenters. The number of benzene rings is 1. The molecule has 2 amide bonds. The molecule has 0 aliphatic carbocycles. The van der Waals surface area contributed by atoms with Crippen molar-refractivity contribution in [2.75, 3.05) is 25.6 Å². The van der Waals surface area contributed by atoms with Crippen LogP contribution in [0.1, 0.15) is 37.4 Å². The van der Waals surface area contributed by atoms with Crippen LogP contribution in [-0.4, -0.2) is 47.1 Å². The number of aromatic nitrogens is 3. The van der Waals surface area contributed by atoms with Gasteiger partial charge in [0.25, 0.3) is 0 Å². The van der Waals surface area contributed by atoms with Crippen LogP contribution in [0.4, 0.5) is 10.6 Å². The summed E-state index contributed by atoms with van der Waals surface area (Å²) in [5, 5.41) is 14.8. The van der Waals surface area contributed by atoms with Gasteiger partial charge in [-0.2, -0.15) is 5.10 Å². The Balaban J connectivity index is 1.45. The van der Waals surface area contributed by atoms with E-state index in [1.54, 1.807) is 13.3 Å². The lowest BCUT2D eigenvalue weighted by Crippen LogP contribution is -2.37. The van der Waals surface area contributed by atoms with Gasteiger partial charge in [0.1, 0.15) is 5.82 Å². The molecule has 3 aromatic rings. The Morgan fingerprint density at radius 3 is 2.93 bits per heavy atom. The molecule has 8 heteroatoms. The Hall–Kier alpha value is -2.97. The fourth-order valence-electron chi connectivity index (χ4n) is 4.02. The highest BCUT2D eigenvalue weighted by Gasteiger charge is 2.22. The number of nitrogens with one attached hydrogen (secondary N) is 3. The van der Waals surface area contributed by atoms with Gasteiger partial charge in [0.05, 0.1) is 36.6 Å². The number of hydrogen-bond donors (Lipinski definition) is 3. The van der Waals surface area contributed by atoms with Crippen LogP contribution in [0.15, 0.2) is 48.8 Å². The standard InChI is InChI=1S/C22H28N6O2/c1-15-10-18(8-9-23-15)28-20-13-24-21(11-17(20)12-25-28)27-22(29)26-19(14-30-2)16-6-4-3-5-7-16/h3-7,11-13,15,18-19,23H,8-10,14H2,1-2H3,(H2,24,26,27,29)/t15?,18?,19-/m1/s1.